The molecule has 0 radical (unpaired) electrons. The third-order valence-electron chi connectivity index (χ3n) is 2.19. The molecule has 6 heteroatoms. The predicted molar refractivity (Wildman–Crippen MR) is 54.4 cm³/mol. The summed E-state index contributed by atoms with van der Waals surface area (Å²) in [6.07, 6.45) is 5.16. The van der Waals surface area contributed by atoms with Gasteiger partial charge >= 0.3 is 92.9 Å². The molecule has 86 valence electrons. The third-order valence-corrected chi connectivity index (χ3v) is 2.19. The van der Waals surface area contributed by atoms with Crippen LogP contribution in [0.1, 0.15) is 48.3 Å². The Hall–Kier alpha value is 1.58. The minimum absolute atomic E-state index is 0. The molecule has 0 aliphatic heterocycles. The van der Waals surface area contributed by atoms with Crippen molar-refractivity contribution >= 4 is 11.9 Å². The Labute approximate surface area is 164 Å². The molecule has 0 amide bonds. The monoisotopic (exact) mass is 266 g/mol. The Morgan fingerprint density at radius 1 is 1.06 bits per heavy atom. The van der Waals surface area contributed by atoms with Crippen molar-refractivity contribution in [2.24, 2.45) is 5.92 Å². The van der Waals surface area contributed by atoms with Crippen molar-refractivity contribution < 1.29 is 104 Å². The molecule has 0 aromatic heterocycles. The number of hydrogen-bond acceptors (Lipinski definition) is 2. The van der Waals surface area contributed by atoms with Crippen molar-refractivity contribution in [3.05, 3.63) is 0 Å². The fraction of sp³-hybridized carbons (Fsp3) is 0.800. The van der Waals surface area contributed by atoms with Crippen molar-refractivity contribution in [1.82, 2.24) is 0 Å². The van der Waals surface area contributed by atoms with Gasteiger partial charge in [0.15, 0.2) is 5.92 Å². The fourth-order valence-corrected chi connectivity index (χ4v) is 1.30. The molecule has 0 aliphatic rings. The van der Waals surface area contributed by atoms with E-state index in [0.29, 0.717) is 6.42 Å². The Kier molecular flexibility index (Phi) is 20.8. The van der Waals surface area contributed by atoms with Crippen LogP contribution in [0.2, 0.25) is 0 Å². The van der Waals surface area contributed by atoms with Crippen LogP contribution in [0.3, 0.4) is 0 Å². The summed E-state index contributed by atoms with van der Waals surface area (Å²) in [6.45, 7) is 2.09. The third kappa shape index (κ3) is 12.0. The standard InChI is InChI=1S/C10H18O4.K.Na.2H/c1-2-3-4-5-6-7-8(9(11)12)10(13)14;;;;/h8H,2-7H2,1H3,(H,11,12)(H,13,14);;;;/q;2*+1;2*-1. The van der Waals surface area contributed by atoms with Gasteiger partial charge in [0.25, 0.3) is 0 Å². The van der Waals surface area contributed by atoms with Gasteiger partial charge in [-0.05, 0) is 6.42 Å². The largest absolute Gasteiger partial charge is 1.00 e. The average molecular weight is 266 g/mol. The second-order valence-corrected chi connectivity index (χ2v) is 3.43. The molecule has 0 atom stereocenters. The van der Waals surface area contributed by atoms with Gasteiger partial charge in [0.1, 0.15) is 0 Å². The number of rotatable bonds is 8. The van der Waals surface area contributed by atoms with Crippen molar-refractivity contribution in [2.45, 2.75) is 45.4 Å². The second-order valence-electron chi connectivity index (χ2n) is 3.43. The molecule has 0 aromatic carbocycles. The number of carboxylic acids is 2. The number of unbranched alkanes of at least 4 members (excludes halogenated alkanes) is 4. The number of carboxylic acid groups (broad SMARTS) is 2. The van der Waals surface area contributed by atoms with Gasteiger partial charge in [-0.25, -0.2) is 0 Å². The van der Waals surface area contributed by atoms with E-state index >= 15 is 0 Å². The van der Waals surface area contributed by atoms with Crippen LogP contribution >= 0.6 is 0 Å². The first-order valence-corrected chi connectivity index (χ1v) is 5.05. The number of aliphatic carboxylic acids is 2. The van der Waals surface area contributed by atoms with Gasteiger partial charge in [-0.1, -0.05) is 39.0 Å². The van der Waals surface area contributed by atoms with E-state index in [1.807, 2.05) is 0 Å². The van der Waals surface area contributed by atoms with E-state index in [1.165, 1.54) is 0 Å². The maximum absolute atomic E-state index is 10.5. The Morgan fingerprint density at radius 3 is 1.88 bits per heavy atom. The molecule has 0 unspecified atom stereocenters. The summed E-state index contributed by atoms with van der Waals surface area (Å²) in [6, 6.07) is 0. The van der Waals surface area contributed by atoms with Crippen LogP contribution in [0, 0.1) is 5.92 Å². The molecule has 0 spiro atoms. The Balaban J connectivity index is -0.000000141. The van der Waals surface area contributed by atoms with E-state index in [1.54, 1.807) is 0 Å². The van der Waals surface area contributed by atoms with Crippen molar-refractivity contribution in [3.63, 3.8) is 0 Å². The number of carbonyl (C=O) groups is 2. The van der Waals surface area contributed by atoms with E-state index in [4.69, 9.17) is 10.2 Å². The Morgan fingerprint density at radius 2 is 1.50 bits per heavy atom. The van der Waals surface area contributed by atoms with Crippen LogP contribution in [-0.4, -0.2) is 22.2 Å². The summed E-state index contributed by atoms with van der Waals surface area (Å²) < 4.78 is 0. The molecule has 0 saturated carbocycles. The van der Waals surface area contributed by atoms with Crippen LogP contribution in [0.15, 0.2) is 0 Å². The van der Waals surface area contributed by atoms with Crippen LogP contribution in [0.25, 0.3) is 0 Å². The minimum Gasteiger partial charge on any atom is -1.00 e. The molecular formula is C10H20KNaO4. The molecular weight excluding hydrogens is 246 g/mol. The summed E-state index contributed by atoms with van der Waals surface area (Å²) in [5, 5.41) is 17.1. The van der Waals surface area contributed by atoms with Crippen molar-refractivity contribution in [1.29, 1.82) is 0 Å². The van der Waals surface area contributed by atoms with E-state index in [9.17, 15) is 9.59 Å². The van der Waals surface area contributed by atoms with Crippen LogP contribution in [0.5, 0.6) is 0 Å². The molecule has 0 rings (SSSR count). The van der Waals surface area contributed by atoms with E-state index in [0.717, 1.165) is 25.7 Å². The maximum atomic E-state index is 10.5. The average Bonchev–Trinajstić information content (AvgIpc) is 2.09. The van der Waals surface area contributed by atoms with Gasteiger partial charge in [-0.15, -0.1) is 0 Å². The Bertz CT molecular complexity index is 194. The zero-order valence-corrected chi connectivity index (χ0v) is 15.7. The summed E-state index contributed by atoms with van der Waals surface area (Å²) in [4.78, 5) is 21.0. The van der Waals surface area contributed by atoms with Gasteiger partial charge < -0.3 is 13.1 Å². The topological polar surface area (TPSA) is 74.6 Å². The van der Waals surface area contributed by atoms with E-state index in [-0.39, 0.29) is 90.2 Å². The molecule has 4 nitrogen and oxygen atoms in total. The van der Waals surface area contributed by atoms with Crippen LogP contribution in [-0.2, 0) is 9.59 Å². The smallest absolute Gasteiger partial charge is 1.00 e. The van der Waals surface area contributed by atoms with E-state index in [2.05, 4.69) is 6.92 Å². The first-order valence-electron chi connectivity index (χ1n) is 5.05. The molecule has 16 heavy (non-hydrogen) atoms. The normalized spacial score (nSPS) is 9.12. The zero-order chi connectivity index (χ0) is 11.0. The van der Waals surface area contributed by atoms with Crippen LogP contribution in [0.4, 0.5) is 0 Å². The van der Waals surface area contributed by atoms with Gasteiger partial charge in [-0.2, -0.15) is 0 Å². The van der Waals surface area contributed by atoms with Gasteiger partial charge in [-0.3, -0.25) is 9.59 Å². The predicted octanol–water partition coefficient (Wildman–Crippen LogP) is -3.63. The number of hydrogen-bond donors (Lipinski definition) is 2. The molecule has 0 aromatic rings. The molecule has 0 heterocycles. The quantitative estimate of drug-likeness (QED) is 0.270. The van der Waals surface area contributed by atoms with E-state index < -0.39 is 17.9 Å². The molecule has 0 fully saturated rings. The van der Waals surface area contributed by atoms with Gasteiger partial charge in [0.05, 0.1) is 0 Å². The van der Waals surface area contributed by atoms with Crippen molar-refractivity contribution in [3.8, 4) is 0 Å². The SMILES string of the molecule is CCCCCCCC(C(=O)O)C(=O)O.[H-].[H-].[K+].[Na+]. The maximum Gasteiger partial charge on any atom is 1.00 e. The molecule has 0 saturated heterocycles. The van der Waals surface area contributed by atoms with Gasteiger partial charge in [0.2, 0.25) is 0 Å². The molecule has 2 N–H and O–H groups in total. The van der Waals surface area contributed by atoms with Crippen LogP contribution < -0.4 is 80.9 Å². The molecule has 0 bridgehead atoms. The summed E-state index contributed by atoms with van der Waals surface area (Å²) in [5.41, 5.74) is 0. The molecule has 0 aliphatic carbocycles. The second kappa shape index (κ2) is 14.6. The van der Waals surface area contributed by atoms with Gasteiger partial charge in [0, 0.05) is 0 Å². The van der Waals surface area contributed by atoms with Crippen molar-refractivity contribution in [2.75, 3.05) is 0 Å². The first-order chi connectivity index (χ1) is 6.59. The summed E-state index contributed by atoms with van der Waals surface area (Å²) >= 11 is 0. The summed E-state index contributed by atoms with van der Waals surface area (Å²) in [5.74, 6) is -3.68. The summed E-state index contributed by atoms with van der Waals surface area (Å²) in [7, 11) is 0. The zero-order valence-electron chi connectivity index (χ0n) is 12.5. The fourth-order valence-electron chi connectivity index (χ4n) is 1.30. The first kappa shape index (κ1) is 22.7. The minimum atomic E-state index is -1.23.